The van der Waals surface area contributed by atoms with Crippen molar-refractivity contribution in [3.8, 4) is 11.1 Å². The van der Waals surface area contributed by atoms with E-state index >= 15 is 0 Å². The number of rotatable bonds is 5. The molecule has 1 heterocycles. The van der Waals surface area contributed by atoms with Crippen molar-refractivity contribution in [1.29, 1.82) is 0 Å². The van der Waals surface area contributed by atoms with Gasteiger partial charge in [-0.15, -0.1) is 0 Å². The second-order valence-electron chi connectivity index (χ2n) is 4.76. The predicted molar refractivity (Wildman–Crippen MR) is 80.0 cm³/mol. The Morgan fingerprint density at radius 1 is 1.52 bits per heavy atom. The lowest BCUT2D eigenvalue weighted by Crippen LogP contribution is -2.06. The molecule has 0 amide bonds. The van der Waals surface area contributed by atoms with E-state index in [0.717, 1.165) is 11.1 Å². The molecule has 0 fully saturated rings. The first-order valence-electron chi connectivity index (χ1n) is 6.26. The van der Waals surface area contributed by atoms with Crippen molar-refractivity contribution in [2.24, 2.45) is 7.05 Å². The molecular formula is C15H15ClN2O3. The van der Waals surface area contributed by atoms with Crippen LogP contribution in [0.2, 0.25) is 5.02 Å². The number of aryl methyl sites for hydroxylation is 1. The van der Waals surface area contributed by atoms with Crippen LogP contribution in [-0.2, 0) is 11.8 Å². The van der Waals surface area contributed by atoms with Crippen molar-refractivity contribution in [3.05, 3.63) is 53.3 Å². The highest BCUT2D eigenvalue weighted by Gasteiger charge is 2.18. The maximum atomic E-state index is 10.8. The summed E-state index contributed by atoms with van der Waals surface area (Å²) in [5.74, 6) is -1.12. The minimum atomic E-state index is -1.12. The molecule has 6 heteroatoms. The molecule has 2 N–H and O–H groups in total. The zero-order valence-corrected chi connectivity index (χ0v) is 12.2. The summed E-state index contributed by atoms with van der Waals surface area (Å²) in [5.41, 5.74) is 2.07. The number of hydrogen-bond acceptors (Lipinski definition) is 3. The SMILES string of the molecule is C=C(C[C@H](O)c1ccc(Cl)cc1-c1cnn(C)c1)C(=O)O. The smallest absolute Gasteiger partial charge is 0.331 e. The van der Waals surface area contributed by atoms with Crippen molar-refractivity contribution >= 4 is 17.6 Å². The van der Waals surface area contributed by atoms with Crippen molar-refractivity contribution in [1.82, 2.24) is 9.78 Å². The van der Waals surface area contributed by atoms with Crippen molar-refractivity contribution < 1.29 is 15.0 Å². The summed E-state index contributed by atoms with van der Waals surface area (Å²) in [7, 11) is 1.79. The van der Waals surface area contributed by atoms with Crippen LogP contribution < -0.4 is 0 Å². The number of benzene rings is 1. The molecule has 1 atom stereocenters. The lowest BCUT2D eigenvalue weighted by molar-refractivity contribution is -0.133. The molecule has 0 aliphatic rings. The Bertz CT molecular complexity index is 694. The van der Waals surface area contributed by atoms with Gasteiger partial charge in [-0.2, -0.15) is 5.10 Å². The number of hydrogen-bond donors (Lipinski definition) is 2. The first kappa shape index (κ1) is 15.3. The molecule has 0 spiro atoms. The van der Waals surface area contributed by atoms with Gasteiger partial charge in [0.1, 0.15) is 0 Å². The molecule has 5 nitrogen and oxygen atoms in total. The number of halogens is 1. The van der Waals surface area contributed by atoms with Gasteiger partial charge in [0.15, 0.2) is 0 Å². The predicted octanol–water partition coefficient (Wildman–Crippen LogP) is 2.80. The van der Waals surface area contributed by atoms with Gasteiger partial charge in [-0.05, 0) is 23.3 Å². The number of carbonyl (C=O) groups is 1. The Morgan fingerprint density at radius 2 is 2.24 bits per heavy atom. The van der Waals surface area contributed by atoms with E-state index in [1.807, 2.05) is 0 Å². The Hall–Kier alpha value is -2.11. The van der Waals surface area contributed by atoms with E-state index in [4.69, 9.17) is 16.7 Å². The van der Waals surface area contributed by atoms with Crippen LogP contribution in [-0.4, -0.2) is 26.0 Å². The molecule has 0 saturated carbocycles. The molecule has 0 bridgehead atoms. The third-order valence-electron chi connectivity index (χ3n) is 3.13. The second kappa shape index (κ2) is 6.11. The van der Waals surface area contributed by atoms with E-state index in [2.05, 4.69) is 11.7 Å². The highest BCUT2D eigenvalue weighted by Crippen LogP contribution is 2.33. The van der Waals surface area contributed by atoms with Crippen LogP contribution in [0, 0.1) is 0 Å². The molecule has 2 rings (SSSR count). The van der Waals surface area contributed by atoms with Gasteiger partial charge in [0.05, 0.1) is 12.3 Å². The van der Waals surface area contributed by atoms with E-state index in [1.54, 1.807) is 42.3 Å². The summed E-state index contributed by atoms with van der Waals surface area (Å²) in [6.45, 7) is 3.44. The van der Waals surface area contributed by atoms with Crippen LogP contribution in [0.15, 0.2) is 42.7 Å². The van der Waals surface area contributed by atoms with Crippen LogP contribution in [0.1, 0.15) is 18.1 Å². The molecule has 1 aromatic carbocycles. The molecular weight excluding hydrogens is 292 g/mol. The van der Waals surface area contributed by atoms with E-state index < -0.39 is 12.1 Å². The van der Waals surface area contributed by atoms with Gasteiger partial charge in [-0.3, -0.25) is 4.68 Å². The highest BCUT2D eigenvalue weighted by molar-refractivity contribution is 6.30. The highest BCUT2D eigenvalue weighted by atomic mass is 35.5. The monoisotopic (exact) mass is 306 g/mol. The van der Waals surface area contributed by atoms with E-state index in [0.29, 0.717) is 10.6 Å². The van der Waals surface area contributed by atoms with Crippen molar-refractivity contribution in [2.45, 2.75) is 12.5 Å². The summed E-state index contributed by atoms with van der Waals surface area (Å²) in [6, 6.07) is 5.06. The van der Waals surface area contributed by atoms with E-state index in [9.17, 15) is 9.90 Å². The summed E-state index contributed by atoms with van der Waals surface area (Å²) in [6.07, 6.45) is 2.44. The Kier molecular flexibility index (Phi) is 4.45. The first-order valence-corrected chi connectivity index (χ1v) is 6.64. The van der Waals surface area contributed by atoms with E-state index in [1.165, 1.54) is 0 Å². The average molecular weight is 307 g/mol. The first-order chi connectivity index (χ1) is 9.88. The molecule has 0 radical (unpaired) electrons. The van der Waals surface area contributed by atoms with Crippen LogP contribution in [0.4, 0.5) is 0 Å². The third kappa shape index (κ3) is 3.51. The number of carboxylic acids is 1. The third-order valence-corrected chi connectivity index (χ3v) is 3.37. The van der Waals surface area contributed by atoms with Gasteiger partial charge in [-0.1, -0.05) is 24.2 Å². The summed E-state index contributed by atoms with van der Waals surface area (Å²) in [4.78, 5) is 10.8. The van der Waals surface area contributed by atoms with Crippen LogP contribution in [0.5, 0.6) is 0 Å². The fourth-order valence-corrected chi connectivity index (χ4v) is 2.23. The number of aliphatic hydroxyl groups is 1. The van der Waals surface area contributed by atoms with Gasteiger partial charge < -0.3 is 10.2 Å². The van der Waals surface area contributed by atoms with Crippen LogP contribution >= 0.6 is 11.6 Å². The number of aliphatic hydroxyl groups excluding tert-OH is 1. The molecule has 110 valence electrons. The summed E-state index contributed by atoms with van der Waals surface area (Å²) >= 11 is 6.01. The molecule has 1 aromatic heterocycles. The topological polar surface area (TPSA) is 75.4 Å². The van der Waals surface area contributed by atoms with Crippen molar-refractivity contribution in [2.75, 3.05) is 0 Å². The van der Waals surface area contributed by atoms with Crippen LogP contribution in [0.3, 0.4) is 0 Å². The van der Waals surface area contributed by atoms with Crippen molar-refractivity contribution in [3.63, 3.8) is 0 Å². The zero-order chi connectivity index (χ0) is 15.6. The molecule has 0 saturated heterocycles. The maximum Gasteiger partial charge on any atom is 0.331 e. The molecule has 0 aliphatic carbocycles. The Morgan fingerprint density at radius 3 is 2.81 bits per heavy atom. The lowest BCUT2D eigenvalue weighted by Gasteiger charge is -2.15. The zero-order valence-electron chi connectivity index (χ0n) is 11.5. The minimum absolute atomic E-state index is 0.0467. The fraction of sp³-hybridized carbons (Fsp3) is 0.200. The lowest BCUT2D eigenvalue weighted by atomic mass is 9.95. The summed E-state index contributed by atoms with van der Waals surface area (Å²) < 4.78 is 1.64. The standard InChI is InChI=1S/C15H15ClN2O3/c1-9(15(20)21)5-14(19)12-4-3-11(16)6-13(12)10-7-17-18(2)8-10/h3-4,6-8,14,19H,1,5H2,2H3,(H,20,21)/t14-/m0/s1. The minimum Gasteiger partial charge on any atom is -0.478 e. The normalized spacial score (nSPS) is 12.1. The average Bonchev–Trinajstić information content (AvgIpc) is 2.84. The second-order valence-corrected chi connectivity index (χ2v) is 5.20. The fourth-order valence-electron chi connectivity index (χ4n) is 2.06. The molecule has 21 heavy (non-hydrogen) atoms. The molecule has 2 aromatic rings. The number of aliphatic carboxylic acids is 1. The van der Waals surface area contributed by atoms with Gasteiger partial charge in [0, 0.05) is 35.8 Å². The molecule has 0 unspecified atom stereocenters. The number of nitrogens with zero attached hydrogens (tertiary/aromatic N) is 2. The quantitative estimate of drug-likeness (QED) is 0.833. The largest absolute Gasteiger partial charge is 0.478 e. The van der Waals surface area contributed by atoms with Gasteiger partial charge in [-0.25, -0.2) is 4.79 Å². The van der Waals surface area contributed by atoms with Gasteiger partial charge >= 0.3 is 5.97 Å². The van der Waals surface area contributed by atoms with Gasteiger partial charge in [0.2, 0.25) is 0 Å². The van der Waals surface area contributed by atoms with Crippen LogP contribution in [0.25, 0.3) is 11.1 Å². The number of aromatic nitrogens is 2. The van der Waals surface area contributed by atoms with E-state index in [-0.39, 0.29) is 12.0 Å². The molecule has 0 aliphatic heterocycles. The number of carboxylic acid groups (broad SMARTS) is 1. The Labute approximate surface area is 127 Å². The van der Waals surface area contributed by atoms with Gasteiger partial charge in [0.25, 0.3) is 0 Å². The maximum absolute atomic E-state index is 10.8. The summed E-state index contributed by atoms with van der Waals surface area (Å²) in [5, 5.41) is 23.8. The Balaban J connectivity index is 2.39.